The number of carbonyl (C=O) groups is 1. The zero-order valence-corrected chi connectivity index (χ0v) is 13.1. The summed E-state index contributed by atoms with van der Waals surface area (Å²) in [4.78, 5) is 19.8. The molecule has 1 aliphatic rings. The molecule has 0 spiro atoms. The molecule has 1 amide bonds. The Kier molecular flexibility index (Phi) is 3.92. The predicted octanol–water partition coefficient (Wildman–Crippen LogP) is 3.78. The molecule has 3 aromatic rings. The largest absolute Gasteiger partial charge is 0.457 e. The molecule has 0 fully saturated rings. The van der Waals surface area contributed by atoms with Crippen molar-refractivity contribution >= 4 is 12.1 Å². The van der Waals surface area contributed by atoms with Crippen molar-refractivity contribution < 1.29 is 14.1 Å². The van der Waals surface area contributed by atoms with E-state index in [-0.39, 0.29) is 5.91 Å². The molecule has 2 aromatic carbocycles. The first-order valence-electron chi connectivity index (χ1n) is 7.71. The van der Waals surface area contributed by atoms with E-state index in [2.05, 4.69) is 15.1 Å². The fourth-order valence-electron chi connectivity index (χ4n) is 2.41. The number of para-hydroxylation sites is 1. The number of hydrogen-bond donors (Lipinski definition) is 0. The first kappa shape index (κ1) is 15.0. The molecule has 1 aromatic heterocycles. The lowest BCUT2D eigenvalue weighted by atomic mass is 10.1. The number of dihydropyridines is 1. The molecule has 6 heteroatoms. The van der Waals surface area contributed by atoms with Gasteiger partial charge < -0.3 is 9.26 Å². The number of aromatic nitrogens is 2. The molecule has 1 unspecified atom stereocenters. The number of rotatable bonds is 4. The van der Waals surface area contributed by atoms with E-state index in [9.17, 15) is 4.79 Å². The second-order valence-corrected chi connectivity index (χ2v) is 5.38. The Morgan fingerprint density at radius 3 is 2.48 bits per heavy atom. The third-order valence-electron chi connectivity index (χ3n) is 3.66. The molecular weight excluding hydrogens is 318 g/mol. The Hall–Kier alpha value is -3.54. The van der Waals surface area contributed by atoms with Crippen molar-refractivity contribution in [2.45, 2.75) is 5.92 Å². The van der Waals surface area contributed by atoms with Crippen LogP contribution in [0.5, 0.6) is 11.5 Å². The molecule has 1 aliphatic heterocycles. The Labute approximate surface area is 143 Å². The van der Waals surface area contributed by atoms with Crippen molar-refractivity contribution in [2.75, 3.05) is 0 Å². The van der Waals surface area contributed by atoms with E-state index < -0.39 is 5.92 Å². The van der Waals surface area contributed by atoms with Gasteiger partial charge in [-0.05, 0) is 42.5 Å². The van der Waals surface area contributed by atoms with E-state index in [1.807, 2.05) is 54.6 Å². The van der Waals surface area contributed by atoms with Crippen LogP contribution < -0.4 is 4.74 Å². The predicted molar refractivity (Wildman–Crippen MR) is 91.6 cm³/mol. The van der Waals surface area contributed by atoms with Crippen LogP contribution >= 0.6 is 0 Å². The lowest BCUT2D eigenvalue weighted by molar-refractivity contribution is -0.118. The second-order valence-electron chi connectivity index (χ2n) is 5.38. The average molecular weight is 331 g/mol. The van der Waals surface area contributed by atoms with E-state index in [1.165, 1.54) is 6.21 Å². The van der Waals surface area contributed by atoms with Crippen molar-refractivity contribution in [1.29, 1.82) is 0 Å². The van der Waals surface area contributed by atoms with Crippen LogP contribution in [-0.4, -0.2) is 22.3 Å². The smallest absolute Gasteiger partial charge is 0.260 e. The number of amides is 1. The molecule has 25 heavy (non-hydrogen) atoms. The highest BCUT2D eigenvalue weighted by molar-refractivity contribution is 5.96. The van der Waals surface area contributed by atoms with E-state index in [1.54, 1.807) is 12.2 Å². The van der Waals surface area contributed by atoms with Crippen LogP contribution in [0.4, 0.5) is 0 Å². The molecule has 0 saturated heterocycles. The van der Waals surface area contributed by atoms with Gasteiger partial charge in [-0.25, -0.2) is 4.99 Å². The molecule has 0 aliphatic carbocycles. The van der Waals surface area contributed by atoms with Gasteiger partial charge in [-0.2, -0.15) is 4.98 Å². The van der Waals surface area contributed by atoms with Gasteiger partial charge in [0.15, 0.2) is 5.82 Å². The standard InChI is InChI=1S/C19H13N3O3/c23-18-16(7-4-12-20-18)17-21-19(25-22-17)13-8-10-15(11-9-13)24-14-5-2-1-3-6-14/h1-12,16H. The molecule has 0 N–H and O–H groups in total. The Balaban J connectivity index is 1.52. The number of nitrogens with zero attached hydrogens (tertiary/aromatic N) is 3. The summed E-state index contributed by atoms with van der Waals surface area (Å²) in [7, 11) is 0. The van der Waals surface area contributed by atoms with Gasteiger partial charge in [0.1, 0.15) is 17.4 Å². The zero-order valence-electron chi connectivity index (χ0n) is 13.1. The Bertz CT molecular complexity index is 944. The maximum Gasteiger partial charge on any atom is 0.260 e. The maximum absolute atomic E-state index is 11.8. The highest BCUT2D eigenvalue weighted by Gasteiger charge is 2.24. The van der Waals surface area contributed by atoms with Gasteiger partial charge >= 0.3 is 0 Å². The number of carbonyl (C=O) groups excluding carboxylic acids is 1. The van der Waals surface area contributed by atoms with Gasteiger partial charge in [-0.15, -0.1) is 0 Å². The quantitative estimate of drug-likeness (QED) is 0.727. The third kappa shape index (κ3) is 3.23. The summed E-state index contributed by atoms with van der Waals surface area (Å²) < 4.78 is 11.0. The molecular formula is C19H13N3O3. The van der Waals surface area contributed by atoms with Gasteiger partial charge in [-0.1, -0.05) is 29.4 Å². The fraction of sp³-hybridized carbons (Fsp3) is 0.0526. The van der Waals surface area contributed by atoms with Crippen LogP contribution in [0, 0.1) is 0 Å². The maximum atomic E-state index is 11.8. The third-order valence-corrected chi connectivity index (χ3v) is 3.66. The number of hydrogen-bond acceptors (Lipinski definition) is 5. The van der Waals surface area contributed by atoms with Gasteiger partial charge in [0.2, 0.25) is 0 Å². The Morgan fingerprint density at radius 1 is 0.960 bits per heavy atom. The summed E-state index contributed by atoms with van der Waals surface area (Å²) in [5.74, 6) is 1.22. The van der Waals surface area contributed by atoms with E-state index >= 15 is 0 Å². The van der Waals surface area contributed by atoms with Crippen LogP contribution in [0.2, 0.25) is 0 Å². The van der Waals surface area contributed by atoms with Gasteiger partial charge in [0.05, 0.1) is 0 Å². The number of benzene rings is 2. The normalized spacial score (nSPS) is 16.2. The molecule has 6 nitrogen and oxygen atoms in total. The van der Waals surface area contributed by atoms with E-state index in [0.717, 1.165) is 11.3 Å². The molecule has 0 radical (unpaired) electrons. The molecule has 2 heterocycles. The highest BCUT2D eigenvalue weighted by atomic mass is 16.5. The van der Waals surface area contributed by atoms with E-state index in [4.69, 9.17) is 9.26 Å². The molecule has 1 atom stereocenters. The summed E-state index contributed by atoms with van der Waals surface area (Å²) in [5.41, 5.74) is 0.745. The summed E-state index contributed by atoms with van der Waals surface area (Å²) in [6, 6.07) is 16.8. The van der Waals surface area contributed by atoms with Crippen LogP contribution in [0.1, 0.15) is 11.7 Å². The molecule has 122 valence electrons. The summed E-state index contributed by atoms with van der Waals surface area (Å²) in [6.45, 7) is 0. The van der Waals surface area contributed by atoms with Crippen molar-refractivity contribution in [3.8, 4) is 23.0 Å². The van der Waals surface area contributed by atoms with Gasteiger partial charge in [0.25, 0.3) is 11.8 Å². The number of aliphatic imine (C=N–C) groups is 1. The summed E-state index contributed by atoms with van der Waals surface area (Å²) >= 11 is 0. The SMILES string of the molecule is O=C1N=CC=CC1c1noc(-c2ccc(Oc3ccccc3)cc2)n1. The monoisotopic (exact) mass is 331 g/mol. The van der Waals surface area contributed by atoms with Crippen molar-refractivity contribution in [3.63, 3.8) is 0 Å². The molecule has 4 rings (SSSR count). The lowest BCUT2D eigenvalue weighted by Gasteiger charge is -2.05. The van der Waals surface area contributed by atoms with Crippen LogP contribution in [-0.2, 0) is 4.79 Å². The fourth-order valence-corrected chi connectivity index (χ4v) is 2.41. The number of allylic oxidation sites excluding steroid dienone is 1. The number of ether oxygens (including phenoxy) is 1. The van der Waals surface area contributed by atoms with Crippen molar-refractivity contribution in [1.82, 2.24) is 10.1 Å². The summed E-state index contributed by atoms with van der Waals surface area (Å²) in [5, 5.41) is 3.89. The highest BCUT2D eigenvalue weighted by Crippen LogP contribution is 2.26. The van der Waals surface area contributed by atoms with Crippen LogP contribution in [0.3, 0.4) is 0 Å². The minimum atomic E-state index is -0.594. The van der Waals surface area contributed by atoms with Crippen LogP contribution in [0.15, 0.2) is 76.3 Å². The van der Waals surface area contributed by atoms with Crippen molar-refractivity contribution in [3.05, 3.63) is 72.6 Å². The van der Waals surface area contributed by atoms with Crippen molar-refractivity contribution in [2.24, 2.45) is 4.99 Å². The minimum Gasteiger partial charge on any atom is -0.457 e. The summed E-state index contributed by atoms with van der Waals surface area (Å²) in [6.07, 6.45) is 4.84. The average Bonchev–Trinajstić information content (AvgIpc) is 3.13. The Morgan fingerprint density at radius 2 is 1.72 bits per heavy atom. The van der Waals surface area contributed by atoms with E-state index in [0.29, 0.717) is 17.5 Å². The molecule has 0 saturated carbocycles. The first-order chi connectivity index (χ1) is 12.3. The second kappa shape index (κ2) is 6.52. The first-order valence-corrected chi connectivity index (χ1v) is 7.71. The lowest BCUT2D eigenvalue weighted by Crippen LogP contribution is -2.12. The minimum absolute atomic E-state index is 0.303. The van der Waals surface area contributed by atoms with Gasteiger partial charge in [0, 0.05) is 11.8 Å². The van der Waals surface area contributed by atoms with Gasteiger partial charge in [-0.3, -0.25) is 4.79 Å². The van der Waals surface area contributed by atoms with Crippen LogP contribution in [0.25, 0.3) is 11.5 Å². The topological polar surface area (TPSA) is 77.6 Å². The zero-order chi connectivity index (χ0) is 17.1. The molecule has 0 bridgehead atoms.